The fourth-order valence-electron chi connectivity index (χ4n) is 5.68. The van der Waals surface area contributed by atoms with Gasteiger partial charge in [-0.3, -0.25) is 4.79 Å². The Morgan fingerprint density at radius 3 is 2.25 bits per heavy atom. The predicted molar refractivity (Wildman–Crippen MR) is 117 cm³/mol. The van der Waals surface area contributed by atoms with Crippen molar-refractivity contribution in [2.75, 3.05) is 0 Å². The lowest BCUT2D eigenvalue weighted by molar-refractivity contribution is -0.153. The molecule has 2 aliphatic carbocycles. The predicted octanol–water partition coefficient (Wildman–Crippen LogP) is 7.49. The van der Waals surface area contributed by atoms with E-state index in [1.54, 1.807) is 0 Å². The van der Waals surface area contributed by atoms with Gasteiger partial charge in [0.25, 0.3) is 0 Å². The monoisotopic (exact) mass is 384 g/mol. The molecule has 0 bridgehead atoms. The lowest BCUT2D eigenvalue weighted by Crippen LogP contribution is -2.44. The maximum Gasteiger partial charge on any atom is 0.317 e. The molecule has 1 aromatic rings. The molecule has 2 saturated carbocycles. The lowest BCUT2D eigenvalue weighted by Gasteiger charge is -2.44. The summed E-state index contributed by atoms with van der Waals surface area (Å²) < 4.78 is 6.00. The van der Waals surface area contributed by atoms with E-state index in [1.165, 1.54) is 69.8 Å². The highest BCUT2D eigenvalue weighted by Gasteiger charge is 2.48. The fraction of sp³-hybridized carbons (Fsp3) is 0.731. The summed E-state index contributed by atoms with van der Waals surface area (Å²) >= 11 is 0. The number of benzene rings is 1. The summed E-state index contributed by atoms with van der Waals surface area (Å²) in [6.45, 7) is 4.48. The first kappa shape index (κ1) is 21.4. The summed E-state index contributed by atoms with van der Waals surface area (Å²) in [6, 6.07) is 8.19. The molecular weight excluding hydrogens is 344 g/mol. The van der Waals surface area contributed by atoms with E-state index in [0.717, 1.165) is 37.4 Å². The third kappa shape index (κ3) is 5.19. The average Bonchev–Trinajstić information content (AvgIpc) is 2.74. The van der Waals surface area contributed by atoms with Gasteiger partial charge in [0.05, 0.1) is 5.41 Å². The van der Waals surface area contributed by atoms with Crippen LogP contribution >= 0.6 is 0 Å². The zero-order chi connectivity index (χ0) is 19.8. The molecule has 1 aromatic carbocycles. The van der Waals surface area contributed by atoms with Crippen LogP contribution < -0.4 is 4.74 Å². The third-order valence-electron chi connectivity index (χ3n) is 7.42. The molecule has 0 amide bonds. The molecule has 2 aliphatic rings. The van der Waals surface area contributed by atoms with Crippen LogP contribution in [0.25, 0.3) is 0 Å². The summed E-state index contributed by atoms with van der Waals surface area (Å²) in [5.74, 6) is 2.20. The van der Waals surface area contributed by atoms with Gasteiger partial charge in [-0.05, 0) is 61.6 Å². The quantitative estimate of drug-likeness (QED) is 0.343. The first-order valence-electron chi connectivity index (χ1n) is 12.0. The van der Waals surface area contributed by atoms with E-state index in [2.05, 4.69) is 26.0 Å². The van der Waals surface area contributed by atoms with Crippen molar-refractivity contribution in [3.63, 3.8) is 0 Å². The van der Waals surface area contributed by atoms with E-state index in [0.29, 0.717) is 5.92 Å². The molecule has 28 heavy (non-hydrogen) atoms. The first-order valence-corrected chi connectivity index (χ1v) is 12.0. The van der Waals surface area contributed by atoms with Gasteiger partial charge < -0.3 is 4.74 Å². The van der Waals surface area contributed by atoms with Gasteiger partial charge in [-0.15, -0.1) is 0 Å². The van der Waals surface area contributed by atoms with E-state index in [4.69, 9.17) is 4.74 Å². The molecule has 0 unspecified atom stereocenters. The molecular formula is C26H40O2. The maximum atomic E-state index is 13.4. The van der Waals surface area contributed by atoms with Crippen molar-refractivity contribution in [2.24, 2.45) is 17.3 Å². The van der Waals surface area contributed by atoms with Gasteiger partial charge in [0.15, 0.2) is 0 Å². The Morgan fingerprint density at radius 1 is 0.964 bits per heavy atom. The Hall–Kier alpha value is -1.31. The van der Waals surface area contributed by atoms with Crippen molar-refractivity contribution < 1.29 is 9.53 Å². The highest BCUT2D eigenvalue weighted by Crippen LogP contribution is 2.50. The molecule has 0 atom stereocenters. The zero-order valence-corrected chi connectivity index (χ0v) is 18.2. The minimum atomic E-state index is -0.226. The summed E-state index contributed by atoms with van der Waals surface area (Å²) in [5, 5.41) is 0. The van der Waals surface area contributed by atoms with Crippen LogP contribution in [0.4, 0.5) is 0 Å². The third-order valence-corrected chi connectivity index (χ3v) is 7.42. The second-order valence-corrected chi connectivity index (χ2v) is 9.36. The Labute approximate surface area is 172 Å². The normalized spacial score (nSPS) is 24.6. The van der Waals surface area contributed by atoms with Crippen LogP contribution in [0.2, 0.25) is 0 Å². The minimum absolute atomic E-state index is 0.0625. The van der Waals surface area contributed by atoms with Gasteiger partial charge in [0, 0.05) is 0 Å². The molecule has 0 N–H and O–H groups in total. The molecule has 2 heteroatoms. The topological polar surface area (TPSA) is 26.3 Å². The van der Waals surface area contributed by atoms with Crippen molar-refractivity contribution in [1.29, 1.82) is 0 Å². The number of carbonyl (C=O) groups is 1. The summed E-state index contributed by atoms with van der Waals surface area (Å²) in [7, 11) is 0. The van der Waals surface area contributed by atoms with Gasteiger partial charge in [-0.1, -0.05) is 83.8 Å². The number of ether oxygens (including phenoxy) is 1. The van der Waals surface area contributed by atoms with Crippen LogP contribution in [0.3, 0.4) is 0 Å². The molecule has 0 aromatic heterocycles. The van der Waals surface area contributed by atoms with Crippen molar-refractivity contribution >= 4 is 5.97 Å². The first-order chi connectivity index (χ1) is 13.7. The van der Waals surface area contributed by atoms with Crippen LogP contribution in [0.15, 0.2) is 24.3 Å². The van der Waals surface area contributed by atoms with E-state index in [1.807, 2.05) is 12.1 Å². The Balaban J connectivity index is 1.66. The second-order valence-electron chi connectivity index (χ2n) is 9.36. The fourth-order valence-corrected chi connectivity index (χ4v) is 5.68. The van der Waals surface area contributed by atoms with Gasteiger partial charge in [-0.2, -0.15) is 0 Å². The smallest absolute Gasteiger partial charge is 0.317 e. The maximum absolute atomic E-state index is 13.4. The minimum Gasteiger partial charge on any atom is -0.426 e. The number of rotatable bonds is 8. The molecule has 156 valence electrons. The Bertz CT molecular complexity index is 589. The Morgan fingerprint density at radius 2 is 1.64 bits per heavy atom. The number of hydrogen-bond donors (Lipinski definition) is 0. The van der Waals surface area contributed by atoms with Crippen LogP contribution in [0, 0.1) is 17.3 Å². The molecule has 0 saturated heterocycles. The number of aryl methyl sites for hydroxylation is 1. The van der Waals surface area contributed by atoms with E-state index in [9.17, 15) is 4.79 Å². The van der Waals surface area contributed by atoms with E-state index in [-0.39, 0.29) is 11.4 Å². The molecule has 3 rings (SSSR count). The summed E-state index contributed by atoms with van der Waals surface area (Å²) in [4.78, 5) is 13.4. The second kappa shape index (κ2) is 10.5. The molecule has 2 nitrogen and oxygen atoms in total. The SMILES string of the molecule is CCCCC1CCC(C2(C(=O)Oc3ccc(CCC)cc3)CCCCC2)CC1. The van der Waals surface area contributed by atoms with E-state index < -0.39 is 0 Å². The summed E-state index contributed by atoms with van der Waals surface area (Å²) in [5.41, 5.74) is 1.09. The van der Waals surface area contributed by atoms with Crippen molar-refractivity contribution in [2.45, 2.75) is 104 Å². The van der Waals surface area contributed by atoms with Crippen LogP contribution in [0.1, 0.15) is 103 Å². The average molecular weight is 385 g/mol. The molecule has 0 spiro atoms. The van der Waals surface area contributed by atoms with Crippen LogP contribution in [-0.4, -0.2) is 5.97 Å². The molecule has 0 aliphatic heterocycles. The van der Waals surface area contributed by atoms with Crippen LogP contribution in [0.5, 0.6) is 5.75 Å². The Kier molecular flexibility index (Phi) is 8.00. The van der Waals surface area contributed by atoms with Gasteiger partial charge in [0.2, 0.25) is 0 Å². The molecule has 0 radical (unpaired) electrons. The van der Waals surface area contributed by atoms with Gasteiger partial charge in [0.1, 0.15) is 5.75 Å². The van der Waals surface area contributed by atoms with Crippen molar-refractivity contribution in [3.8, 4) is 5.75 Å². The molecule has 2 fully saturated rings. The van der Waals surface area contributed by atoms with Crippen molar-refractivity contribution in [1.82, 2.24) is 0 Å². The summed E-state index contributed by atoms with van der Waals surface area (Å²) in [6.07, 6.45) is 17.0. The highest BCUT2D eigenvalue weighted by molar-refractivity contribution is 5.79. The number of unbranched alkanes of at least 4 members (excludes halogenated alkanes) is 1. The molecule has 0 heterocycles. The lowest BCUT2D eigenvalue weighted by atomic mass is 9.60. The standard InChI is InChI=1S/C26H40O2/c1-3-5-10-22-11-15-23(16-12-22)26(19-7-6-8-20-26)25(27)28-24-17-13-21(9-4-2)14-18-24/h13-14,17-18,22-23H,3-12,15-16,19-20H2,1-2H3. The number of carbonyl (C=O) groups excluding carboxylic acids is 1. The largest absolute Gasteiger partial charge is 0.426 e. The van der Waals surface area contributed by atoms with Crippen molar-refractivity contribution in [3.05, 3.63) is 29.8 Å². The van der Waals surface area contributed by atoms with E-state index >= 15 is 0 Å². The van der Waals surface area contributed by atoms with Gasteiger partial charge in [-0.25, -0.2) is 0 Å². The number of hydrogen-bond acceptors (Lipinski definition) is 2. The van der Waals surface area contributed by atoms with Gasteiger partial charge >= 0.3 is 5.97 Å². The zero-order valence-electron chi connectivity index (χ0n) is 18.2. The van der Waals surface area contributed by atoms with Crippen LogP contribution in [-0.2, 0) is 11.2 Å². The number of esters is 1. The highest BCUT2D eigenvalue weighted by atomic mass is 16.5.